The number of rotatable bonds is 4. The minimum Gasteiger partial charge on any atom is -0.339 e. The molecule has 0 spiro atoms. The lowest BCUT2D eigenvalue weighted by molar-refractivity contribution is 0.0735. The number of hydrogen-bond acceptors (Lipinski definition) is 4. The number of nitrogens with zero attached hydrogens (tertiary/aromatic N) is 4. The quantitative estimate of drug-likeness (QED) is 0.903. The largest absolute Gasteiger partial charge is 0.339 e. The highest BCUT2D eigenvalue weighted by atomic mass is 16.2. The van der Waals surface area contributed by atoms with Crippen LogP contribution in [-0.4, -0.2) is 64.6 Å². The van der Waals surface area contributed by atoms with Crippen molar-refractivity contribution in [2.45, 2.75) is 32.6 Å². The summed E-state index contributed by atoms with van der Waals surface area (Å²) in [5.41, 5.74) is 0. The molecule has 1 amide bonds. The van der Waals surface area contributed by atoms with Crippen molar-refractivity contribution < 1.29 is 4.79 Å². The Labute approximate surface area is 120 Å². The number of H-pyrrole nitrogens is 1. The summed E-state index contributed by atoms with van der Waals surface area (Å²) >= 11 is 0. The molecule has 1 aromatic rings. The summed E-state index contributed by atoms with van der Waals surface area (Å²) < 4.78 is 0. The van der Waals surface area contributed by atoms with E-state index >= 15 is 0 Å². The lowest BCUT2D eigenvalue weighted by atomic mass is 9.97. The van der Waals surface area contributed by atoms with Crippen molar-refractivity contribution in [1.29, 1.82) is 0 Å². The molecule has 0 unspecified atom stereocenters. The Morgan fingerprint density at radius 2 is 2.10 bits per heavy atom. The zero-order valence-electron chi connectivity index (χ0n) is 12.9. The zero-order chi connectivity index (χ0) is 14.7. The van der Waals surface area contributed by atoms with Crippen LogP contribution < -0.4 is 0 Å². The molecule has 6 heteroatoms. The lowest BCUT2D eigenvalue weighted by Gasteiger charge is -2.31. The van der Waals surface area contributed by atoms with Crippen LogP contribution in [0.3, 0.4) is 0 Å². The number of aromatic nitrogens is 3. The minimum absolute atomic E-state index is 0.0907. The Bertz CT molecular complexity index is 448. The predicted molar refractivity (Wildman–Crippen MR) is 77.7 cm³/mol. The zero-order valence-corrected chi connectivity index (χ0v) is 12.9. The molecule has 0 atom stereocenters. The first-order chi connectivity index (χ1) is 9.47. The number of nitrogens with one attached hydrogen (secondary N) is 1. The Hall–Kier alpha value is -1.43. The normalized spacial score (nSPS) is 17.6. The van der Waals surface area contributed by atoms with Gasteiger partial charge in [-0.25, -0.2) is 4.98 Å². The smallest absolute Gasteiger partial charge is 0.293 e. The van der Waals surface area contributed by atoms with Crippen LogP contribution in [0, 0.1) is 5.92 Å². The summed E-state index contributed by atoms with van der Waals surface area (Å²) in [7, 11) is 3.98. The van der Waals surface area contributed by atoms with Gasteiger partial charge in [0.1, 0.15) is 5.82 Å². The average Bonchev–Trinajstić information content (AvgIpc) is 2.90. The van der Waals surface area contributed by atoms with E-state index in [1.54, 1.807) is 4.90 Å². The van der Waals surface area contributed by atoms with Crippen molar-refractivity contribution in [3.63, 3.8) is 0 Å². The molecule has 2 rings (SSSR count). The van der Waals surface area contributed by atoms with Gasteiger partial charge in [-0.15, -0.1) is 5.10 Å². The number of amides is 1. The SMILES string of the molecule is CC(C)c1nc(C(=O)N(C)CC2CCN(C)CC2)n[nH]1. The fourth-order valence-electron chi connectivity index (χ4n) is 2.51. The van der Waals surface area contributed by atoms with Gasteiger partial charge in [-0.1, -0.05) is 13.8 Å². The Morgan fingerprint density at radius 1 is 1.45 bits per heavy atom. The van der Waals surface area contributed by atoms with Crippen LogP contribution in [-0.2, 0) is 0 Å². The van der Waals surface area contributed by atoms with E-state index in [4.69, 9.17) is 0 Å². The van der Waals surface area contributed by atoms with Crippen molar-refractivity contribution in [2.24, 2.45) is 5.92 Å². The Kier molecular flexibility index (Phi) is 4.75. The maximum Gasteiger partial charge on any atom is 0.293 e. The third kappa shape index (κ3) is 3.56. The molecule has 1 aliphatic heterocycles. The molecular weight excluding hydrogens is 254 g/mol. The summed E-state index contributed by atoms with van der Waals surface area (Å²) in [5, 5.41) is 6.86. The number of carbonyl (C=O) groups excluding carboxylic acids is 1. The fraction of sp³-hybridized carbons (Fsp3) is 0.786. The van der Waals surface area contributed by atoms with Gasteiger partial charge < -0.3 is 9.80 Å². The second-order valence-corrected chi connectivity index (χ2v) is 6.13. The first kappa shape index (κ1) is 15.0. The van der Waals surface area contributed by atoms with Gasteiger partial charge in [-0.05, 0) is 38.9 Å². The van der Waals surface area contributed by atoms with Gasteiger partial charge in [0.25, 0.3) is 5.91 Å². The van der Waals surface area contributed by atoms with E-state index in [0.717, 1.165) is 38.3 Å². The first-order valence-electron chi connectivity index (χ1n) is 7.33. The predicted octanol–water partition coefficient (Wildman–Crippen LogP) is 1.34. The summed E-state index contributed by atoms with van der Waals surface area (Å²) in [5.74, 6) is 1.80. The molecule has 0 radical (unpaired) electrons. The van der Waals surface area contributed by atoms with Gasteiger partial charge in [0.15, 0.2) is 0 Å². The van der Waals surface area contributed by atoms with E-state index in [9.17, 15) is 4.79 Å². The molecular formula is C14H25N5O. The standard InChI is InChI=1S/C14H25N5O/c1-10(2)12-15-13(17-16-12)14(20)19(4)9-11-5-7-18(3)8-6-11/h10-11H,5-9H2,1-4H3,(H,15,16,17). The molecule has 6 nitrogen and oxygen atoms in total. The highest BCUT2D eigenvalue weighted by molar-refractivity contribution is 5.90. The molecule has 1 fully saturated rings. The van der Waals surface area contributed by atoms with Crippen molar-refractivity contribution in [2.75, 3.05) is 33.7 Å². The van der Waals surface area contributed by atoms with E-state index in [0.29, 0.717) is 5.92 Å². The number of hydrogen-bond donors (Lipinski definition) is 1. The van der Waals surface area contributed by atoms with E-state index in [1.807, 2.05) is 20.9 Å². The molecule has 0 bridgehead atoms. The maximum absolute atomic E-state index is 12.3. The molecule has 1 aliphatic rings. The van der Waals surface area contributed by atoms with Crippen LogP contribution in [0.15, 0.2) is 0 Å². The third-order valence-electron chi connectivity index (χ3n) is 3.96. The molecule has 20 heavy (non-hydrogen) atoms. The molecule has 0 aliphatic carbocycles. The second-order valence-electron chi connectivity index (χ2n) is 6.13. The van der Waals surface area contributed by atoms with Crippen molar-refractivity contribution in [3.8, 4) is 0 Å². The highest BCUT2D eigenvalue weighted by Gasteiger charge is 2.23. The molecule has 0 aromatic carbocycles. The number of aromatic amines is 1. The minimum atomic E-state index is -0.0907. The monoisotopic (exact) mass is 279 g/mol. The van der Waals surface area contributed by atoms with Crippen molar-refractivity contribution in [1.82, 2.24) is 25.0 Å². The van der Waals surface area contributed by atoms with Crippen LogP contribution in [0.5, 0.6) is 0 Å². The topological polar surface area (TPSA) is 65.1 Å². The van der Waals surface area contributed by atoms with Gasteiger partial charge in [0.05, 0.1) is 0 Å². The van der Waals surface area contributed by atoms with Gasteiger partial charge in [-0.2, -0.15) is 0 Å². The second kappa shape index (κ2) is 6.35. The van der Waals surface area contributed by atoms with Gasteiger partial charge in [0.2, 0.25) is 5.82 Å². The highest BCUT2D eigenvalue weighted by Crippen LogP contribution is 2.17. The maximum atomic E-state index is 12.3. The molecule has 1 N–H and O–H groups in total. The van der Waals surface area contributed by atoms with Crippen molar-refractivity contribution in [3.05, 3.63) is 11.6 Å². The summed E-state index contributed by atoms with van der Waals surface area (Å²) in [4.78, 5) is 20.6. The van der Waals surface area contributed by atoms with E-state index < -0.39 is 0 Å². The first-order valence-corrected chi connectivity index (χ1v) is 7.33. The van der Waals surface area contributed by atoms with Crippen LogP contribution in [0.25, 0.3) is 0 Å². The Morgan fingerprint density at radius 3 is 2.65 bits per heavy atom. The molecule has 1 saturated heterocycles. The Balaban J connectivity index is 1.91. The molecule has 112 valence electrons. The average molecular weight is 279 g/mol. The summed E-state index contributed by atoms with van der Waals surface area (Å²) in [6.07, 6.45) is 2.30. The van der Waals surface area contributed by atoms with Crippen LogP contribution >= 0.6 is 0 Å². The lowest BCUT2D eigenvalue weighted by Crippen LogP contribution is -2.38. The number of piperidine rings is 1. The van der Waals surface area contributed by atoms with Crippen LogP contribution in [0.4, 0.5) is 0 Å². The molecule has 0 saturated carbocycles. The fourth-order valence-corrected chi connectivity index (χ4v) is 2.51. The van der Waals surface area contributed by atoms with Gasteiger partial charge in [-0.3, -0.25) is 9.89 Å². The van der Waals surface area contributed by atoms with Crippen LogP contribution in [0.1, 0.15) is 49.1 Å². The van der Waals surface area contributed by atoms with E-state index in [1.165, 1.54) is 0 Å². The third-order valence-corrected chi connectivity index (χ3v) is 3.96. The van der Waals surface area contributed by atoms with Crippen LogP contribution in [0.2, 0.25) is 0 Å². The molecule has 2 heterocycles. The van der Waals surface area contributed by atoms with E-state index in [-0.39, 0.29) is 17.6 Å². The summed E-state index contributed by atoms with van der Waals surface area (Å²) in [6, 6.07) is 0. The number of carbonyl (C=O) groups is 1. The summed E-state index contributed by atoms with van der Waals surface area (Å²) in [6.45, 7) is 7.07. The number of likely N-dealkylation sites (tertiary alicyclic amines) is 1. The van der Waals surface area contributed by atoms with Crippen molar-refractivity contribution >= 4 is 5.91 Å². The van der Waals surface area contributed by atoms with Gasteiger partial charge >= 0.3 is 0 Å². The van der Waals surface area contributed by atoms with E-state index in [2.05, 4.69) is 27.1 Å². The molecule has 1 aromatic heterocycles. The van der Waals surface area contributed by atoms with Gasteiger partial charge in [0, 0.05) is 19.5 Å².